The lowest BCUT2D eigenvalue weighted by atomic mass is 10.2. The molecule has 1 aliphatic heterocycles. The van der Waals surface area contributed by atoms with Crippen molar-refractivity contribution in [2.75, 3.05) is 12.1 Å². The van der Waals surface area contributed by atoms with Crippen molar-refractivity contribution >= 4 is 11.7 Å². The second kappa shape index (κ2) is 5.78. The highest BCUT2D eigenvalue weighted by Gasteiger charge is 2.15. The molecule has 21 heavy (non-hydrogen) atoms. The average Bonchev–Trinajstić information content (AvgIpc) is 3.08. The van der Waals surface area contributed by atoms with Crippen LogP contribution in [-0.2, 0) is 6.42 Å². The molecule has 3 rings (SSSR count). The van der Waals surface area contributed by atoms with Gasteiger partial charge in [-0.3, -0.25) is 0 Å². The molecule has 1 aromatic heterocycles. The number of hydrogen-bond acceptors (Lipinski definition) is 4. The number of amides is 2. The lowest BCUT2D eigenvalue weighted by Crippen LogP contribution is -2.37. The first-order valence-electron chi connectivity index (χ1n) is 6.70. The summed E-state index contributed by atoms with van der Waals surface area (Å²) in [7, 11) is 0. The molecule has 2 N–H and O–H groups in total. The van der Waals surface area contributed by atoms with E-state index >= 15 is 0 Å². The Morgan fingerprint density at radius 2 is 2.14 bits per heavy atom. The summed E-state index contributed by atoms with van der Waals surface area (Å²) in [4.78, 5) is 11.9. The van der Waals surface area contributed by atoms with Gasteiger partial charge in [0.15, 0.2) is 11.5 Å². The van der Waals surface area contributed by atoms with Gasteiger partial charge in [-0.05, 0) is 31.2 Å². The van der Waals surface area contributed by atoms with Gasteiger partial charge < -0.3 is 24.5 Å². The number of hydrogen-bond donors (Lipinski definition) is 2. The number of ether oxygens (including phenoxy) is 2. The van der Waals surface area contributed by atoms with Crippen LogP contribution in [0.5, 0.6) is 11.5 Å². The van der Waals surface area contributed by atoms with Gasteiger partial charge >= 0.3 is 6.03 Å². The van der Waals surface area contributed by atoms with Crippen LogP contribution in [0.25, 0.3) is 0 Å². The number of carbonyl (C=O) groups excluding carboxylic acids is 1. The third-order valence-corrected chi connectivity index (χ3v) is 3.10. The molecule has 2 aromatic rings. The van der Waals surface area contributed by atoms with Crippen LogP contribution in [0, 0.1) is 0 Å². The molecule has 0 bridgehead atoms. The summed E-state index contributed by atoms with van der Waals surface area (Å²) in [6.45, 7) is 2.13. The zero-order valence-electron chi connectivity index (χ0n) is 11.6. The van der Waals surface area contributed by atoms with Crippen LogP contribution < -0.4 is 20.1 Å². The molecule has 0 radical (unpaired) electrons. The van der Waals surface area contributed by atoms with E-state index in [4.69, 9.17) is 13.9 Å². The van der Waals surface area contributed by atoms with E-state index < -0.39 is 0 Å². The number of carbonyl (C=O) groups is 1. The maximum absolute atomic E-state index is 11.9. The minimum Gasteiger partial charge on any atom is -0.469 e. The van der Waals surface area contributed by atoms with Gasteiger partial charge in [-0.25, -0.2) is 4.79 Å². The van der Waals surface area contributed by atoms with Crippen LogP contribution in [-0.4, -0.2) is 18.9 Å². The maximum Gasteiger partial charge on any atom is 0.319 e. The molecule has 0 saturated carbocycles. The van der Waals surface area contributed by atoms with E-state index in [2.05, 4.69) is 10.6 Å². The molecular weight excluding hydrogens is 272 g/mol. The minimum absolute atomic E-state index is 0.0369. The largest absolute Gasteiger partial charge is 0.469 e. The Morgan fingerprint density at radius 1 is 1.29 bits per heavy atom. The fourth-order valence-corrected chi connectivity index (χ4v) is 2.15. The van der Waals surface area contributed by atoms with E-state index in [9.17, 15) is 4.79 Å². The number of urea groups is 1. The average molecular weight is 288 g/mol. The van der Waals surface area contributed by atoms with E-state index in [1.54, 1.807) is 24.5 Å². The highest BCUT2D eigenvalue weighted by atomic mass is 16.7. The topological polar surface area (TPSA) is 72.7 Å². The number of nitrogens with one attached hydrogen (secondary N) is 2. The molecule has 1 atom stereocenters. The van der Waals surface area contributed by atoms with Crippen LogP contribution in [0.3, 0.4) is 0 Å². The standard InChI is InChI=1S/C15H16N2O4/c1-10(7-12-3-2-6-19-12)16-15(18)17-11-4-5-13-14(8-11)21-9-20-13/h2-6,8,10H,7,9H2,1H3,(H2,16,17,18)/t10-/m1/s1. The van der Waals surface area contributed by atoms with Crippen molar-refractivity contribution in [3.8, 4) is 11.5 Å². The van der Waals surface area contributed by atoms with E-state index in [-0.39, 0.29) is 18.9 Å². The molecular formula is C15H16N2O4. The van der Waals surface area contributed by atoms with E-state index in [0.717, 1.165) is 5.76 Å². The quantitative estimate of drug-likeness (QED) is 0.907. The molecule has 6 heteroatoms. The second-order valence-electron chi connectivity index (χ2n) is 4.85. The van der Waals surface area contributed by atoms with Gasteiger partial charge in [-0.1, -0.05) is 0 Å². The molecule has 0 aliphatic carbocycles. The molecule has 2 heterocycles. The smallest absolute Gasteiger partial charge is 0.319 e. The van der Waals surface area contributed by atoms with Crippen molar-refractivity contribution in [1.29, 1.82) is 0 Å². The molecule has 1 aliphatic rings. The second-order valence-corrected chi connectivity index (χ2v) is 4.85. The van der Waals surface area contributed by atoms with Crippen molar-refractivity contribution in [1.82, 2.24) is 5.32 Å². The zero-order valence-corrected chi connectivity index (χ0v) is 11.6. The van der Waals surface area contributed by atoms with Crippen molar-refractivity contribution in [2.24, 2.45) is 0 Å². The summed E-state index contributed by atoms with van der Waals surface area (Å²) in [6.07, 6.45) is 2.26. The fraction of sp³-hybridized carbons (Fsp3) is 0.267. The van der Waals surface area contributed by atoms with Gasteiger partial charge in [-0.2, -0.15) is 0 Å². The highest BCUT2D eigenvalue weighted by Crippen LogP contribution is 2.34. The van der Waals surface area contributed by atoms with E-state index in [1.807, 2.05) is 19.1 Å². The summed E-state index contributed by atoms with van der Waals surface area (Å²) >= 11 is 0. The SMILES string of the molecule is C[C@H](Cc1ccco1)NC(=O)Nc1ccc2c(c1)OCO2. The van der Waals surface area contributed by atoms with E-state index in [1.165, 1.54) is 0 Å². The Balaban J connectivity index is 1.54. The third-order valence-electron chi connectivity index (χ3n) is 3.10. The number of anilines is 1. The van der Waals surface area contributed by atoms with Crippen molar-refractivity contribution in [2.45, 2.75) is 19.4 Å². The van der Waals surface area contributed by atoms with Crippen LogP contribution in [0.2, 0.25) is 0 Å². The van der Waals surface area contributed by atoms with Crippen molar-refractivity contribution in [3.05, 3.63) is 42.4 Å². The van der Waals surface area contributed by atoms with Gasteiger partial charge in [-0.15, -0.1) is 0 Å². The Hall–Kier alpha value is -2.63. The monoisotopic (exact) mass is 288 g/mol. The Morgan fingerprint density at radius 3 is 2.95 bits per heavy atom. The summed E-state index contributed by atoms with van der Waals surface area (Å²) < 4.78 is 15.7. The number of benzene rings is 1. The molecule has 1 aromatic carbocycles. The van der Waals surface area contributed by atoms with Crippen LogP contribution >= 0.6 is 0 Å². The predicted octanol–water partition coefficient (Wildman–Crippen LogP) is 2.76. The molecule has 0 spiro atoms. The van der Waals surface area contributed by atoms with Gasteiger partial charge in [0.2, 0.25) is 6.79 Å². The molecule has 0 unspecified atom stereocenters. The zero-order chi connectivity index (χ0) is 14.7. The lowest BCUT2D eigenvalue weighted by Gasteiger charge is -2.13. The summed E-state index contributed by atoms with van der Waals surface area (Å²) in [5, 5.41) is 5.62. The molecule has 2 amide bonds. The van der Waals surface area contributed by atoms with Crippen molar-refractivity contribution < 1.29 is 18.7 Å². The molecule has 0 saturated heterocycles. The first-order valence-corrected chi connectivity index (χ1v) is 6.70. The molecule has 110 valence electrons. The summed E-state index contributed by atoms with van der Waals surface area (Å²) in [6, 6.07) is 8.68. The van der Waals surface area contributed by atoms with Gasteiger partial charge in [0, 0.05) is 24.2 Å². The first kappa shape index (κ1) is 13.4. The number of rotatable bonds is 4. The van der Waals surface area contributed by atoms with Crippen molar-refractivity contribution in [3.63, 3.8) is 0 Å². The highest BCUT2D eigenvalue weighted by molar-refractivity contribution is 5.89. The third kappa shape index (κ3) is 3.28. The Labute approximate surface area is 122 Å². The Kier molecular flexibility index (Phi) is 3.68. The number of fused-ring (bicyclic) bond motifs is 1. The summed E-state index contributed by atoms with van der Waals surface area (Å²) in [5.74, 6) is 2.16. The molecule has 0 fully saturated rings. The fourth-order valence-electron chi connectivity index (χ4n) is 2.15. The van der Waals surface area contributed by atoms with Gasteiger partial charge in [0.25, 0.3) is 0 Å². The van der Waals surface area contributed by atoms with Crippen LogP contribution in [0.4, 0.5) is 10.5 Å². The minimum atomic E-state index is -0.270. The lowest BCUT2D eigenvalue weighted by molar-refractivity contribution is 0.174. The Bertz CT molecular complexity index is 625. The number of furan rings is 1. The van der Waals surface area contributed by atoms with Crippen LogP contribution in [0.15, 0.2) is 41.0 Å². The van der Waals surface area contributed by atoms with Crippen LogP contribution in [0.1, 0.15) is 12.7 Å². The summed E-state index contributed by atoms with van der Waals surface area (Å²) in [5.41, 5.74) is 0.655. The predicted molar refractivity (Wildman–Crippen MR) is 76.6 cm³/mol. The van der Waals surface area contributed by atoms with E-state index in [0.29, 0.717) is 23.6 Å². The maximum atomic E-state index is 11.9. The molecule has 6 nitrogen and oxygen atoms in total. The normalized spacial score (nSPS) is 13.8. The first-order chi connectivity index (χ1) is 10.2. The van der Waals surface area contributed by atoms with Gasteiger partial charge in [0.1, 0.15) is 5.76 Å². The van der Waals surface area contributed by atoms with Gasteiger partial charge in [0.05, 0.1) is 6.26 Å².